The Morgan fingerprint density at radius 1 is 1.07 bits per heavy atom. The standard InChI is InChI=1S/C21H22N2O4/c1-13-6-4-7-14-12-15(20(24)23-19(13)14)10-11-22-21(25)18-16(26-2)8-5-9-17(18)27-3/h4-9,12H,10-11H2,1-3H3,(H,22,25)(H,23,24). The first-order valence-corrected chi connectivity index (χ1v) is 8.66. The topological polar surface area (TPSA) is 80.4 Å². The molecule has 1 amide bonds. The van der Waals surface area contributed by atoms with Crippen LogP contribution in [-0.2, 0) is 6.42 Å². The fraction of sp³-hybridized carbons (Fsp3) is 0.238. The molecule has 27 heavy (non-hydrogen) atoms. The number of hydrogen-bond acceptors (Lipinski definition) is 4. The fourth-order valence-electron chi connectivity index (χ4n) is 3.09. The summed E-state index contributed by atoms with van der Waals surface area (Å²) >= 11 is 0. The maximum Gasteiger partial charge on any atom is 0.258 e. The molecule has 0 aliphatic rings. The third-order valence-corrected chi connectivity index (χ3v) is 4.50. The van der Waals surface area contributed by atoms with E-state index in [-0.39, 0.29) is 11.5 Å². The van der Waals surface area contributed by atoms with Crippen LogP contribution in [-0.4, -0.2) is 31.7 Å². The van der Waals surface area contributed by atoms with E-state index in [1.54, 1.807) is 18.2 Å². The predicted molar refractivity (Wildman–Crippen MR) is 105 cm³/mol. The molecule has 0 aliphatic heterocycles. The van der Waals surface area contributed by atoms with E-state index in [0.29, 0.717) is 35.6 Å². The number of aryl methyl sites for hydroxylation is 1. The molecule has 0 saturated carbocycles. The number of H-pyrrole nitrogens is 1. The fourth-order valence-corrected chi connectivity index (χ4v) is 3.09. The molecule has 0 bridgehead atoms. The van der Waals surface area contributed by atoms with Crippen LogP contribution < -0.4 is 20.3 Å². The number of fused-ring (bicyclic) bond motifs is 1. The first-order chi connectivity index (χ1) is 13.0. The molecule has 140 valence electrons. The molecular formula is C21H22N2O4. The molecule has 6 nitrogen and oxygen atoms in total. The van der Waals surface area contributed by atoms with Gasteiger partial charge in [-0.05, 0) is 42.5 Å². The van der Waals surface area contributed by atoms with Crippen molar-refractivity contribution < 1.29 is 14.3 Å². The van der Waals surface area contributed by atoms with E-state index in [2.05, 4.69) is 10.3 Å². The summed E-state index contributed by atoms with van der Waals surface area (Å²) in [6.45, 7) is 2.28. The molecule has 6 heteroatoms. The van der Waals surface area contributed by atoms with Crippen LogP contribution in [0.2, 0.25) is 0 Å². The first kappa shape index (κ1) is 18.5. The third kappa shape index (κ3) is 3.79. The first-order valence-electron chi connectivity index (χ1n) is 8.66. The van der Waals surface area contributed by atoms with Crippen LogP contribution in [0.3, 0.4) is 0 Å². The molecule has 0 unspecified atom stereocenters. The van der Waals surface area contributed by atoms with E-state index in [9.17, 15) is 9.59 Å². The Hall–Kier alpha value is -3.28. The molecule has 0 saturated heterocycles. The van der Waals surface area contributed by atoms with E-state index >= 15 is 0 Å². The molecule has 1 aromatic heterocycles. The normalized spacial score (nSPS) is 10.6. The number of carbonyl (C=O) groups excluding carboxylic acids is 1. The highest BCUT2D eigenvalue weighted by Crippen LogP contribution is 2.27. The lowest BCUT2D eigenvalue weighted by Crippen LogP contribution is -2.28. The highest BCUT2D eigenvalue weighted by Gasteiger charge is 2.17. The SMILES string of the molecule is COc1cccc(OC)c1C(=O)NCCc1cc2cccc(C)c2[nH]c1=O. The molecule has 0 atom stereocenters. The van der Waals surface area contributed by atoms with Crippen molar-refractivity contribution in [3.63, 3.8) is 0 Å². The van der Waals surface area contributed by atoms with Gasteiger partial charge in [0, 0.05) is 12.1 Å². The maximum atomic E-state index is 12.6. The summed E-state index contributed by atoms with van der Waals surface area (Å²) in [5.74, 6) is 0.564. The lowest BCUT2D eigenvalue weighted by atomic mass is 10.1. The van der Waals surface area contributed by atoms with Gasteiger partial charge in [0.25, 0.3) is 11.5 Å². The van der Waals surface area contributed by atoms with Crippen molar-refractivity contribution in [1.82, 2.24) is 10.3 Å². The Morgan fingerprint density at radius 3 is 2.41 bits per heavy atom. The molecule has 0 fully saturated rings. The average molecular weight is 366 g/mol. The zero-order valence-electron chi connectivity index (χ0n) is 15.6. The number of amides is 1. The number of benzene rings is 2. The molecule has 3 rings (SSSR count). The van der Waals surface area contributed by atoms with Crippen molar-refractivity contribution in [1.29, 1.82) is 0 Å². The minimum absolute atomic E-state index is 0.138. The summed E-state index contributed by atoms with van der Waals surface area (Å²) in [7, 11) is 3.00. The van der Waals surface area contributed by atoms with E-state index in [1.807, 2.05) is 31.2 Å². The molecule has 0 radical (unpaired) electrons. The van der Waals surface area contributed by atoms with Crippen LogP contribution in [0.15, 0.2) is 47.3 Å². The van der Waals surface area contributed by atoms with Crippen LogP contribution in [0.4, 0.5) is 0 Å². The largest absolute Gasteiger partial charge is 0.496 e. The summed E-state index contributed by atoms with van der Waals surface area (Å²) < 4.78 is 10.5. The lowest BCUT2D eigenvalue weighted by Gasteiger charge is -2.13. The summed E-state index contributed by atoms with van der Waals surface area (Å²) in [5.41, 5.74) is 2.69. The van der Waals surface area contributed by atoms with Gasteiger partial charge in [0.2, 0.25) is 0 Å². The van der Waals surface area contributed by atoms with Gasteiger partial charge in [-0.2, -0.15) is 0 Å². The minimum atomic E-state index is -0.308. The van der Waals surface area contributed by atoms with Gasteiger partial charge >= 0.3 is 0 Å². The third-order valence-electron chi connectivity index (χ3n) is 4.50. The van der Waals surface area contributed by atoms with E-state index < -0.39 is 0 Å². The van der Waals surface area contributed by atoms with Gasteiger partial charge in [-0.1, -0.05) is 24.3 Å². The van der Waals surface area contributed by atoms with Crippen LogP contribution in [0.5, 0.6) is 11.5 Å². The number of hydrogen-bond donors (Lipinski definition) is 2. The number of ether oxygens (including phenoxy) is 2. The number of nitrogens with one attached hydrogen (secondary N) is 2. The molecule has 2 N–H and O–H groups in total. The second-order valence-electron chi connectivity index (χ2n) is 6.21. The summed E-state index contributed by atoms with van der Waals surface area (Å²) in [4.78, 5) is 27.8. The van der Waals surface area contributed by atoms with Crippen LogP contribution in [0.25, 0.3) is 10.9 Å². The number of pyridine rings is 1. The van der Waals surface area contributed by atoms with Crippen molar-refractivity contribution >= 4 is 16.8 Å². The van der Waals surface area contributed by atoms with Crippen LogP contribution in [0.1, 0.15) is 21.5 Å². The van der Waals surface area contributed by atoms with Gasteiger partial charge in [0.1, 0.15) is 17.1 Å². The monoisotopic (exact) mass is 366 g/mol. The van der Waals surface area contributed by atoms with Gasteiger partial charge in [0.05, 0.1) is 19.7 Å². The second kappa shape index (κ2) is 7.95. The summed E-state index contributed by atoms with van der Waals surface area (Å²) in [5, 5.41) is 3.81. The zero-order chi connectivity index (χ0) is 19.4. The Bertz CT molecular complexity index is 1020. The number of methoxy groups -OCH3 is 2. The van der Waals surface area contributed by atoms with Crippen molar-refractivity contribution in [3.05, 3.63) is 69.5 Å². The van der Waals surface area contributed by atoms with Gasteiger partial charge in [-0.15, -0.1) is 0 Å². The molecular weight excluding hydrogens is 344 g/mol. The predicted octanol–water partition coefficient (Wildman–Crippen LogP) is 2.83. The number of aromatic amines is 1. The van der Waals surface area contributed by atoms with Gasteiger partial charge < -0.3 is 19.8 Å². The Balaban J connectivity index is 1.76. The Morgan fingerprint density at radius 2 is 1.74 bits per heavy atom. The summed E-state index contributed by atoms with van der Waals surface area (Å²) in [6.07, 6.45) is 0.419. The molecule has 1 heterocycles. The lowest BCUT2D eigenvalue weighted by molar-refractivity contribution is 0.0948. The second-order valence-corrected chi connectivity index (χ2v) is 6.21. The highest BCUT2D eigenvalue weighted by molar-refractivity contribution is 5.99. The van der Waals surface area contributed by atoms with Crippen molar-refractivity contribution in [3.8, 4) is 11.5 Å². The summed E-state index contributed by atoms with van der Waals surface area (Å²) in [6, 6.07) is 12.9. The molecule has 0 aliphatic carbocycles. The average Bonchev–Trinajstić information content (AvgIpc) is 2.68. The van der Waals surface area contributed by atoms with Crippen molar-refractivity contribution in [2.45, 2.75) is 13.3 Å². The van der Waals surface area contributed by atoms with E-state index in [4.69, 9.17) is 9.47 Å². The number of aromatic nitrogens is 1. The number of para-hydroxylation sites is 1. The molecule has 0 spiro atoms. The van der Waals surface area contributed by atoms with Crippen LogP contribution in [0, 0.1) is 6.92 Å². The molecule has 2 aromatic carbocycles. The Labute approximate surface area is 157 Å². The quantitative estimate of drug-likeness (QED) is 0.703. The minimum Gasteiger partial charge on any atom is -0.496 e. The zero-order valence-corrected chi connectivity index (χ0v) is 15.6. The Kier molecular flexibility index (Phi) is 5.45. The number of rotatable bonds is 6. The molecule has 3 aromatic rings. The smallest absolute Gasteiger partial charge is 0.258 e. The highest BCUT2D eigenvalue weighted by atomic mass is 16.5. The maximum absolute atomic E-state index is 12.6. The van der Waals surface area contributed by atoms with Crippen LogP contribution >= 0.6 is 0 Å². The number of carbonyl (C=O) groups is 1. The van der Waals surface area contributed by atoms with E-state index in [1.165, 1.54) is 14.2 Å². The van der Waals surface area contributed by atoms with Gasteiger partial charge in [-0.25, -0.2) is 0 Å². The van der Waals surface area contributed by atoms with Crippen molar-refractivity contribution in [2.24, 2.45) is 0 Å². The van der Waals surface area contributed by atoms with Gasteiger partial charge in [-0.3, -0.25) is 9.59 Å². The van der Waals surface area contributed by atoms with E-state index in [0.717, 1.165) is 16.5 Å². The van der Waals surface area contributed by atoms with Crippen molar-refractivity contribution in [2.75, 3.05) is 20.8 Å². The van der Waals surface area contributed by atoms with Gasteiger partial charge in [0.15, 0.2) is 0 Å².